The van der Waals surface area contributed by atoms with Crippen LogP contribution < -0.4 is 19.5 Å². The van der Waals surface area contributed by atoms with Gasteiger partial charge in [-0.15, -0.1) is 0 Å². The van der Waals surface area contributed by atoms with Crippen molar-refractivity contribution in [2.75, 3.05) is 34.4 Å². The maximum Gasteiger partial charge on any atom is 0.237 e. The molecule has 1 unspecified atom stereocenters. The SMILES string of the molecule is COc1cc(CNC(=O)C(C)N2CC(C)C2)cc(OC)c1OC. The summed E-state index contributed by atoms with van der Waals surface area (Å²) in [6.07, 6.45) is 0. The van der Waals surface area contributed by atoms with Gasteiger partial charge in [0.25, 0.3) is 0 Å². The Morgan fingerprint density at radius 2 is 1.78 bits per heavy atom. The monoisotopic (exact) mass is 322 g/mol. The van der Waals surface area contributed by atoms with Crippen LogP contribution in [0.25, 0.3) is 0 Å². The van der Waals surface area contributed by atoms with Gasteiger partial charge in [-0.25, -0.2) is 0 Å². The van der Waals surface area contributed by atoms with E-state index in [2.05, 4.69) is 17.1 Å². The minimum absolute atomic E-state index is 0.0330. The van der Waals surface area contributed by atoms with Gasteiger partial charge >= 0.3 is 0 Å². The number of hydrogen-bond acceptors (Lipinski definition) is 5. The van der Waals surface area contributed by atoms with Gasteiger partial charge in [-0.1, -0.05) is 6.92 Å². The lowest BCUT2D eigenvalue weighted by Crippen LogP contribution is -2.55. The van der Waals surface area contributed by atoms with Gasteiger partial charge in [0.2, 0.25) is 11.7 Å². The molecule has 1 aliphatic heterocycles. The van der Waals surface area contributed by atoms with Crippen LogP contribution in [-0.4, -0.2) is 51.3 Å². The topological polar surface area (TPSA) is 60.0 Å². The predicted molar refractivity (Wildman–Crippen MR) is 88.1 cm³/mol. The molecule has 6 nitrogen and oxygen atoms in total. The first kappa shape index (κ1) is 17.4. The summed E-state index contributed by atoms with van der Waals surface area (Å²) in [7, 11) is 4.72. The van der Waals surface area contributed by atoms with E-state index in [0.717, 1.165) is 18.7 Å². The molecular formula is C17H26N2O4. The minimum Gasteiger partial charge on any atom is -0.493 e. The largest absolute Gasteiger partial charge is 0.493 e. The molecule has 1 atom stereocenters. The average Bonchev–Trinajstić information content (AvgIpc) is 2.54. The number of methoxy groups -OCH3 is 3. The zero-order valence-corrected chi connectivity index (χ0v) is 14.5. The molecule has 0 saturated carbocycles. The van der Waals surface area contributed by atoms with Crippen molar-refractivity contribution in [3.63, 3.8) is 0 Å². The van der Waals surface area contributed by atoms with Gasteiger partial charge in [0.05, 0.1) is 27.4 Å². The highest BCUT2D eigenvalue weighted by molar-refractivity contribution is 5.81. The maximum absolute atomic E-state index is 12.2. The third kappa shape index (κ3) is 3.88. The van der Waals surface area contributed by atoms with Crippen LogP contribution in [0.2, 0.25) is 0 Å². The van der Waals surface area contributed by atoms with Crippen LogP contribution in [0.15, 0.2) is 12.1 Å². The van der Waals surface area contributed by atoms with E-state index in [1.165, 1.54) is 0 Å². The van der Waals surface area contributed by atoms with Gasteiger partial charge in [0, 0.05) is 19.6 Å². The van der Waals surface area contributed by atoms with Gasteiger partial charge in [-0.3, -0.25) is 9.69 Å². The number of rotatable bonds is 7. The molecule has 128 valence electrons. The van der Waals surface area contributed by atoms with Crippen molar-refractivity contribution in [2.24, 2.45) is 5.92 Å². The van der Waals surface area contributed by atoms with Crippen molar-refractivity contribution in [1.29, 1.82) is 0 Å². The lowest BCUT2D eigenvalue weighted by Gasteiger charge is -2.40. The van der Waals surface area contributed by atoms with Crippen molar-refractivity contribution in [2.45, 2.75) is 26.4 Å². The Kier molecular flexibility index (Phi) is 5.71. The highest BCUT2D eigenvalue weighted by atomic mass is 16.5. The second-order valence-electron chi connectivity index (χ2n) is 5.99. The Bertz CT molecular complexity index is 531. The predicted octanol–water partition coefficient (Wildman–Crippen LogP) is 1.67. The fourth-order valence-electron chi connectivity index (χ4n) is 2.80. The molecule has 23 heavy (non-hydrogen) atoms. The van der Waals surface area contributed by atoms with Crippen LogP contribution in [0.5, 0.6) is 17.2 Å². The molecular weight excluding hydrogens is 296 g/mol. The van der Waals surface area contributed by atoms with Gasteiger partial charge in [-0.2, -0.15) is 0 Å². The van der Waals surface area contributed by atoms with Crippen LogP contribution in [0.3, 0.4) is 0 Å². The summed E-state index contributed by atoms with van der Waals surface area (Å²) in [5, 5.41) is 2.97. The van der Waals surface area contributed by atoms with Gasteiger partial charge in [0.15, 0.2) is 11.5 Å². The van der Waals surface area contributed by atoms with E-state index in [-0.39, 0.29) is 11.9 Å². The van der Waals surface area contributed by atoms with Crippen LogP contribution in [0.1, 0.15) is 19.4 Å². The summed E-state index contributed by atoms with van der Waals surface area (Å²) in [5.41, 5.74) is 0.900. The molecule has 1 heterocycles. The Balaban J connectivity index is 2.01. The number of benzene rings is 1. The van der Waals surface area contributed by atoms with E-state index < -0.39 is 0 Å². The van der Waals surface area contributed by atoms with Crippen LogP contribution >= 0.6 is 0 Å². The summed E-state index contributed by atoms with van der Waals surface area (Å²) in [5.74, 6) is 2.43. The molecule has 0 aromatic heterocycles. The maximum atomic E-state index is 12.2. The van der Waals surface area contributed by atoms with Crippen molar-refractivity contribution in [3.05, 3.63) is 17.7 Å². The Labute approximate surface area is 137 Å². The number of nitrogens with zero attached hydrogens (tertiary/aromatic N) is 1. The number of carbonyl (C=O) groups is 1. The summed E-state index contributed by atoms with van der Waals surface area (Å²) in [6.45, 7) is 6.52. The van der Waals surface area contributed by atoms with Crippen molar-refractivity contribution >= 4 is 5.91 Å². The molecule has 2 rings (SSSR count). The molecule has 1 N–H and O–H groups in total. The van der Waals surface area contributed by atoms with Crippen LogP contribution in [0, 0.1) is 5.92 Å². The average molecular weight is 322 g/mol. The van der Waals surface area contributed by atoms with Crippen LogP contribution in [-0.2, 0) is 11.3 Å². The van der Waals surface area contributed by atoms with E-state index in [0.29, 0.717) is 29.7 Å². The lowest BCUT2D eigenvalue weighted by molar-refractivity contribution is -0.128. The second kappa shape index (κ2) is 7.55. The smallest absolute Gasteiger partial charge is 0.237 e. The summed E-state index contributed by atoms with van der Waals surface area (Å²) < 4.78 is 15.9. The quantitative estimate of drug-likeness (QED) is 0.827. The highest BCUT2D eigenvalue weighted by Crippen LogP contribution is 2.38. The lowest BCUT2D eigenvalue weighted by atomic mass is 10.00. The molecule has 0 radical (unpaired) electrons. The fraction of sp³-hybridized carbons (Fsp3) is 0.588. The third-order valence-corrected chi connectivity index (χ3v) is 4.21. The number of carbonyl (C=O) groups excluding carboxylic acids is 1. The fourth-order valence-corrected chi connectivity index (χ4v) is 2.80. The Morgan fingerprint density at radius 3 is 2.22 bits per heavy atom. The standard InChI is InChI=1S/C17H26N2O4/c1-11-9-19(10-11)12(2)17(20)18-8-13-6-14(21-3)16(23-5)15(7-13)22-4/h6-7,11-12H,8-10H2,1-5H3,(H,18,20). The first-order valence-corrected chi connectivity index (χ1v) is 7.80. The van der Waals surface area contributed by atoms with E-state index in [4.69, 9.17) is 14.2 Å². The second-order valence-corrected chi connectivity index (χ2v) is 5.99. The normalized spacial score (nSPS) is 16.4. The Morgan fingerprint density at radius 1 is 1.22 bits per heavy atom. The summed E-state index contributed by atoms with van der Waals surface area (Å²) in [4.78, 5) is 14.4. The zero-order chi connectivity index (χ0) is 17.0. The van der Waals surface area contributed by atoms with Crippen molar-refractivity contribution < 1.29 is 19.0 Å². The molecule has 1 fully saturated rings. The molecule has 1 aromatic carbocycles. The van der Waals surface area contributed by atoms with E-state index >= 15 is 0 Å². The molecule has 1 amide bonds. The molecule has 1 aromatic rings. The number of likely N-dealkylation sites (tertiary alicyclic amines) is 1. The molecule has 1 saturated heterocycles. The van der Waals surface area contributed by atoms with Crippen molar-refractivity contribution in [1.82, 2.24) is 10.2 Å². The van der Waals surface area contributed by atoms with Gasteiger partial charge < -0.3 is 19.5 Å². The molecule has 1 aliphatic rings. The van der Waals surface area contributed by atoms with E-state index in [1.54, 1.807) is 21.3 Å². The molecule has 0 aliphatic carbocycles. The highest BCUT2D eigenvalue weighted by Gasteiger charge is 2.30. The summed E-state index contributed by atoms with van der Waals surface area (Å²) >= 11 is 0. The van der Waals surface area contributed by atoms with Gasteiger partial charge in [0.1, 0.15) is 0 Å². The van der Waals surface area contributed by atoms with E-state index in [9.17, 15) is 4.79 Å². The molecule has 6 heteroatoms. The number of nitrogens with one attached hydrogen (secondary N) is 1. The minimum atomic E-state index is -0.103. The molecule has 0 bridgehead atoms. The molecule has 0 spiro atoms. The first-order valence-electron chi connectivity index (χ1n) is 7.80. The number of ether oxygens (including phenoxy) is 3. The van der Waals surface area contributed by atoms with Crippen LogP contribution in [0.4, 0.5) is 0 Å². The van der Waals surface area contributed by atoms with Gasteiger partial charge in [-0.05, 0) is 30.5 Å². The van der Waals surface area contributed by atoms with E-state index in [1.807, 2.05) is 19.1 Å². The van der Waals surface area contributed by atoms with Crippen molar-refractivity contribution in [3.8, 4) is 17.2 Å². The summed E-state index contributed by atoms with van der Waals surface area (Å²) in [6, 6.07) is 3.59. The number of amides is 1. The zero-order valence-electron chi connectivity index (χ0n) is 14.5. The number of hydrogen-bond donors (Lipinski definition) is 1. The Hall–Kier alpha value is -1.95. The third-order valence-electron chi connectivity index (χ3n) is 4.21. The first-order chi connectivity index (χ1) is 11.0.